The monoisotopic (exact) mass is 728 g/mol. The molecule has 0 bridgehead atoms. The highest BCUT2D eigenvalue weighted by atomic mass is 16.5. The maximum absolute atomic E-state index is 6.94. The molecule has 9 aromatic rings. The number of para-hydroxylation sites is 3. The zero-order valence-corrected chi connectivity index (χ0v) is 31.8. The molecule has 0 amide bonds. The SMILES string of the molecule is CC1(C)c2cc3c(cc2-c2ccc4cc(N(c5ccccc5)c5cccc6ccccc56)ccc4c21)Oc1cccc2c1B3c1ccccc1N2c1ccccc1. The molecule has 0 saturated carbocycles. The van der Waals surface area contributed by atoms with E-state index in [-0.39, 0.29) is 12.1 Å². The second kappa shape index (κ2) is 12.0. The van der Waals surface area contributed by atoms with Crippen LogP contribution in [0, 0.1) is 0 Å². The summed E-state index contributed by atoms with van der Waals surface area (Å²) in [5.41, 5.74) is 15.8. The smallest absolute Gasteiger partial charge is 0.256 e. The van der Waals surface area contributed by atoms with Gasteiger partial charge in [-0.2, -0.15) is 0 Å². The minimum atomic E-state index is -0.237. The molecule has 0 aromatic heterocycles. The van der Waals surface area contributed by atoms with Gasteiger partial charge in [-0.3, -0.25) is 0 Å². The van der Waals surface area contributed by atoms with Crippen molar-refractivity contribution in [3.8, 4) is 22.6 Å². The Labute approximate surface area is 333 Å². The van der Waals surface area contributed by atoms with Crippen LogP contribution < -0.4 is 30.9 Å². The van der Waals surface area contributed by atoms with Gasteiger partial charge in [0.2, 0.25) is 0 Å². The molecule has 57 heavy (non-hydrogen) atoms. The van der Waals surface area contributed by atoms with E-state index in [1.54, 1.807) is 0 Å². The summed E-state index contributed by atoms with van der Waals surface area (Å²) in [6.45, 7) is 4.86. The molecule has 0 N–H and O–H groups in total. The Balaban J connectivity index is 1.01. The second-order valence-electron chi connectivity index (χ2n) is 16.1. The van der Waals surface area contributed by atoms with Crippen LogP contribution in [0.2, 0.25) is 0 Å². The van der Waals surface area contributed by atoms with E-state index in [0.717, 1.165) is 28.6 Å². The molecule has 0 spiro atoms. The normalized spacial score (nSPS) is 14.0. The molecule has 3 aliphatic rings. The Morgan fingerprint density at radius 3 is 2.12 bits per heavy atom. The predicted octanol–water partition coefficient (Wildman–Crippen LogP) is 12.2. The molecule has 0 fully saturated rings. The summed E-state index contributed by atoms with van der Waals surface area (Å²) in [6.07, 6.45) is 0. The summed E-state index contributed by atoms with van der Waals surface area (Å²) in [7, 11) is 0. The maximum Gasteiger partial charge on any atom is 0.256 e. The summed E-state index contributed by atoms with van der Waals surface area (Å²) in [6, 6.07) is 68.6. The van der Waals surface area contributed by atoms with Crippen molar-refractivity contribution < 1.29 is 4.74 Å². The Hall–Kier alpha value is -7.04. The van der Waals surface area contributed by atoms with Crippen molar-refractivity contribution in [1.29, 1.82) is 0 Å². The number of rotatable bonds is 4. The lowest BCUT2D eigenvalue weighted by atomic mass is 9.34. The minimum Gasteiger partial charge on any atom is -0.458 e. The first-order valence-electron chi connectivity index (χ1n) is 19.9. The van der Waals surface area contributed by atoms with E-state index in [1.165, 1.54) is 77.2 Å². The number of nitrogens with zero attached hydrogens (tertiary/aromatic N) is 2. The summed E-state index contributed by atoms with van der Waals surface area (Å²) in [5, 5.41) is 4.97. The first-order valence-corrected chi connectivity index (χ1v) is 19.9. The molecule has 0 radical (unpaired) electrons. The van der Waals surface area contributed by atoms with Gasteiger partial charge in [0.1, 0.15) is 11.5 Å². The maximum atomic E-state index is 6.94. The van der Waals surface area contributed by atoms with Crippen LogP contribution in [0.5, 0.6) is 11.5 Å². The third kappa shape index (κ3) is 4.62. The summed E-state index contributed by atoms with van der Waals surface area (Å²) >= 11 is 0. The van der Waals surface area contributed by atoms with Gasteiger partial charge in [0.15, 0.2) is 0 Å². The van der Waals surface area contributed by atoms with Crippen LogP contribution in [0.15, 0.2) is 188 Å². The fraction of sp³-hybridized carbons (Fsp3) is 0.0566. The van der Waals surface area contributed by atoms with Gasteiger partial charge in [-0.05, 0) is 122 Å². The molecule has 268 valence electrons. The van der Waals surface area contributed by atoms with Gasteiger partial charge >= 0.3 is 0 Å². The van der Waals surface area contributed by atoms with Gasteiger partial charge < -0.3 is 14.5 Å². The summed E-state index contributed by atoms with van der Waals surface area (Å²) in [5.74, 6) is 1.87. The third-order valence-corrected chi connectivity index (χ3v) is 12.6. The first kappa shape index (κ1) is 32.2. The van der Waals surface area contributed by atoms with E-state index in [2.05, 4.69) is 212 Å². The molecular formula is C53H37BN2O. The molecule has 12 rings (SSSR count). The molecule has 3 nitrogen and oxygen atoms in total. The molecule has 4 heteroatoms. The highest BCUT2D eigenvalue weighted by Crippen LogP contribution is 2.53. The van der Waals surface area contributed by atoms with Gasteiger partial charge in [-0.25, -0.2) is 0 Å². The molecule has 0 unspecified atom stereocenters. The van der Waals surface area contributed by atoms with E-state index < -0.39 is 0 Å². The van der Waals surface area contributed by atoms with Crippen molar-refractivity contribution in [2.45, 2.75) is 19.3 Å². The van der Waals surface area contributed by atoms with Crippen LogP contribution in [0.4, 0.5) is 34.1 Å². The van der Waals surface area contributed by atoms with Gasteiger partial charge in [-0.15, -0.1) is 0 Å². The van der Waals surface area contributed by atoms with Crippen LogP contribution in [0.25, 0.3) is 32.7 Å². The van der Waals surface area contributed by atoms with Crippen molar-refractivity contribution >= 4 is 78.8 Å². The minimum absolute atomic E-state index is 0.0539. The fourth-order valence-electron chi connectivity index (χ4n) is 10.2. The molecule has 1 aliphatic carbocycles. The molecule has 2 aliphatic heterocycles. The second-order valence-corrected chi connectivity index (χ2v) is 16.1. The number of benzene rings is 9. The van der Waals surface area contributed by atoms with Crippen molar-refractivity contribution in [3.63, 3.8) is 0 Å². The molecule has 0 saturated heterocycles. The Kier molecular flexibility index (Phi) is 6.77. The van der Waals surface area contributed by atoms with Crippen LogP contribution in [0.3, 0.4) is 0 Å². The quantitative estimate of drug-likeness (QED) is 0.168. The zero-order valence-electron chi connectivity index (χ0n) is 31.8. The van der Waals surface area contributed by atoms with E-state index in [4.69, 9.17) is 4.74 Å². The van der Waals surface area contributed by atoms with Crippen molar-refractivity contribution in [3.05, 3.63) is 199 Å². The van der Waals surface area contributed by atoms with Gasteiger partial charge in [-0.1, -0.05) is 135 Å². The van der Waals surface area contributed by atoms with Crippen LogP contribution in [-0.2, 0) is 5.41 Å². The van der Waals surface area contributed by atoms with Crippen molar-refractivity contribution in [2.24, 2.45) is 0 Å². The largest absolute Gasteiger partial charge is 0.458 e. The van der Waals surface area contributed by atoms with Crippen LogP contribution in [0.1, 0.15) is 25.0 Å². The molecule has 2 heterocycles. The van der Waals surface area contributed by atoms with Crippen molar-refractivity contribution in [1.82, 2.24) is 0 Å². The van der Waals surface area contributed by atoms with E-state index in [1.807, 2.05) is 0 Å². The van der Waals surface area contributed by atoms with Crippen LogP contribution >= 0.6 is 0 Å². The zero-order chi connectivity index (χ0) is 37.8. The Bertz CT molecular complexity index is 3100. The van der Waals surface area contributed by atoms with E-state index >= 15 is 0 Å². The summed E-state index contributed by atoms with van der Waals surface area (Å²) in [4.78, 5) is 4.79. The molecular weight excluding hydrogens is 691 g/mol. The highest BCUT2D eigenvalue weighted by Gasteiger charge is 2.45. The predicted molar refractivity (Wildman–Crippen MR) is 240 cm³/mol. The van der Waals surface area contributed by atoms with Gasteiger partial charge in [0.25, 0.3) is 6.71 Å². The van der Waals surface area contributed by atoms with E-state index in [9.17, 15) is 0 Å². The number of ether oxygens (including phenoxy) is 1. The topological polar surface area (TPSA) is 15.7 Å². The highest BCUT2D eigenvalue weighted by molar-refractivity contribution is 6.99. The average Bonchev–Trinajstić information content (AvgIpc) is 3.48. The average molecular weight is 729 g/mol. The molecule has 9 aromatic carbocycles. The lowest BCUT2D eigenvalue weighted by Gasteiger charge is -2.40. The Morgan fingerprint density at radius 2 is 1.25 bits per heavy atom. The van der Waals surface area contributed by atoms with Gasteiger partial charge in [0.05, 0.1) is 5.69 Å². The third-order valence-electron chi connectivity index (χ3n) is 12.6. The number of fused-ring (bicyclic) bond motifs is 10. The number of hydrogen-bond donors (Lipinski definition) is 0. The van der Waals surface area contributed by atoms with Gasteiger partial charge in [0, 0.05) is 39.2 Å². The van der Waals surface area contributed by atoms with Crippen molar-refractivity contribution in [2.75, 3.05) is 9.80 Å². The summed E-state index contributed by atoms with van der Waals surface area (Å²) < 4.78 is 6.94. The van der Waals surface area contributed by atoms with Crippen LogP contribution in [-0.4, -0.2) is 6.71 Å². The number of hydrogen-bond acceptors (Lipinski definition) is 3. The first-order chi connectivity index (χ1) is 28.0. The number of anilines is 6. The fourth-order valence-corrected chi connectivity index (χ4v) is 10.2. The lowest BCUT2D eigenvalue weighted by Crippen LogP contribution is -2.59. The van der Waals surface area contributed by atoms with E-state index in [0.29, 0.717) is 0 Å². The molecule has 0 atom stereocenters. The Morgan fingerprint density at radius 1 is 0.509 bits per heavy atom. The standard InChI is InChI=1S/C53H37BN2O/c1-53(2)43-33-45-50(57-49-26-14-25-48-52(49)54(45)44-22-11-12-23-47(44)56(48)37-19-7-4-8-20-37)32-42(43)41-29-27-35-31-38(28-30-40(35)51(41)53)55(36-17-5-3-6-18-36)46-24-13-16-34-15-9-10-21-39(34)46/h3-33H,1-2H3. The lowest BCUT2D eigenvalue weighted by molar-refractivity contribution is 0.487.